The Morgan fingerprint density at radius 3 is 1.47 bits per heavy atom. The average molecular weight is 491 g/mol. The zero-order valence-corrected chi connectivity index (χ0v) is 22.2. The van der Waals surface area contributed by atoms with Crippen molar-refractivity contribution in [2.75, 3.05) is 42.6 Å². The third-order valence-electron chi connectivity index (χ3n) is 6.76. The molecule has 0 aliphatic carbocycles. The number of carbonyl (C=O) groups is 2. The number of hydrogen-bond donors (Lipinski definition) is 1. The summed E-state index contributed by atoms with van der Waals surface area (Å²) in [5.41, 5.74) is 4.99. The second-order valence-corrected chi connectivity index (χ2v) is 9.28. The molecule has 0 radical (unpaired) electrons. The quantitative estimate of drug-likeness (QED) is 0.505. The molecule has 0 spiro atoms. The third-order valence-corrected chi connectivity index (χ3v) is 6.76. The number of aliphatic carboxylic acids is 1. The molecule has 2 heterocycles. The predicted molar refractivity (Wildman–Crippen MR) is 138 cm³/mol. The summed E-state index contributed by atoms with van der Waals surface area (Å²) in [6.45, 7) is 10.1. The van der Waals surface area contributed by atoms with Gasteiger partial charge in [0.1, 0.15) is 0 Å². The van der Waals surface area contributed by atoms with Crippen molar-refractivity contribution >= 4 is 23.3 Å². The number of benzene rings is 2. The van der Waals surface area contributed by atoms with Crippen LogP contribution in [0.5, 0.6) is 0 Å². The molecule has 2 aromatic carbocycles. The molecule has 4 rings (SSSR count). The minimum Gasteiger partial charge on any atom is -0.870 e. The van der Waals surface area contributed by atoms with Gasteiger partial charge < -0.3 is 25.1 Å². The second kappa shape index (κ2) is 15.6. The van der Waals surface area contributed by atoms with Gasteiger partial charge in [-0.05, 0) is 70.7 Å². The topological polar surface area (TPSA) is 100 Å². The molecular formula is C28H39LiN2O5. The van der Waals surface area contributed by atoms with Gasteiger partial charge in [-0.3, -0.25) is 9.59 Å². The average Bonchev–Trinajstić information content (AvgIpc) is 2.86. The third kappa shape index (κ3) is 9.20. The van der Waals surface area contributed by atoms with E-state index < -0.39 is 5.97 Å². The minimum atomic E-state index is -0.649. The van der Waals surface area contributed by atoms with Gasteiger partial charge in [0.15, 0.2) is 0 Å². The first-order valence-electron chi connectivity index (χ1n) is 12.4. The van der Waals surface area contributed by atoms with Crippen molar-refractivity contribution in [2.24, 2.45) is 11.8 Å². The summed E-state index contributed by atoms with van der Waals surface area (Å²) in [6, 6.07) is 17.0. The van der Waals surface area contributed by atoms with Gasteiger partial charge in [0.05, 0.1) is 18.4 Å². The van der Waals surface area contributed by atoms with Gasteiger partial charge in [0.25, 0.3) is 0 Å². The van der Waals surface area contributed by atoms with Gasteiger partial charge in [0.2, 0.25) is 0 Å². The molecule has 0 atom stereocenters. The van der Waals surface area contributed by atoms with E-state index in [2.05, 4.69) is 72.2 Å². The molecule has 2 saturated heterocycles. The molecule has 8 heteroatoms. The number of nitrogens with zero attached hydrogens (tertiary/aromatic N) is 2. The maximum Gasteiger partial charge on any atom is 1.00 e. The van der Waals surface area contributed by atoms with E-state index in [1.54, 1.807) is 0 Å². The summed E-state index contributed by atoms with van der Waals surface area (Å²) in [6.07, 6.45) is 3.30. The molecule has 0 bridgehead atoms. The summed E-state index contributed by atoms with van der Waals surface area (Å²) in [5, 5.41) is 8.91. The van der Waals surface area contributed by atoms with E-state index in [4.69, 9.17) is 9.84 Å². The number of hydrogen-bond acceptors (Lipinski definition) is 6. The molecule has 7 nitrogen and oxygen atoms in total. The van der Waals surface area contributed by atoms with Crippen LogP contribution >= 0.6 is 0 Å². The summed E-state index contributed by atoms with van der Waals surface area (Å²) in [5.74, 6) is -0.738. The summed E-state index contributed by atoms with van der Waals surface area (Å²) in [4.78, 5) is 27.1. The Labute approximate surface area is 227 Å². The zero-order chi connectivity index (χ0) is 24.5. The van der Waals surface area contributed by atoms with Crippen molar-refractivity contribution in [1.82, 2.24) is 0 Å². The maximum absolute atomic E-state index is 11.6. The fourth-order valence-corrected chi connectivity index (χ4v) is 4.53. The van der Waals surface area contributed by atoms with Crippen molar-refractivity contribution in [1.29, 1.82) is 0 Å². The van der Waals surface area contributed by atoms with Gasteiger partial charge in [-0.25, -0.2) is 0 Å². The number of aryl methyl sites for hydroxylation is 2. The van der Waals surface area contributed by atoms with Crippen LogP contribution in [0.15, 0.2) is 48.5 Å². The maximum atomic E-state index is 11.6. The molecule has 2 N–H and O–H groups in total. The molecule has 2 aliphatic heterocycles. The van der Waals surface area contributed by atoms with Crippen LogP contribution in [0.3, 0.4) is 0 Å². The predicted octanol–water partition coefficient (Wildman–Crippen LogP) is 1.90. The van der Waals surface area contributed by atoms with E-state index in [1.165, 1.54) is 22.5 Å². The number of rotatable bonds is 5. The molecule has 0 saturated carbocycles. The van der Waals surface area contributed by atoms with Crippen molar-refractivity contribution in [3.63, 3.8) is 0 Å². The molecule has 2 fully saturated rings. The first-order chi connectivity index (χ1) is 16.4. The molecule has 0 unspecified atom stereocenters. The Hall–Kier alpha value is -2.46. The second-order valence-electron chi connectivity index (χ2n) is 9.28. The molecular weight excluding hydrogens is 451 g/mol. The normalized spacial score (nSPS) is 16.1. The van der Waals surface area contributed by atoms with E-state index in [0.29, 0.717) is 6.61 Å². The standard InChI is InChI=1S/C15H21NO2.C13H17NO2.Li.H2O/c1-3-18-15(17)13-8-10-16(11-9-13)14-6-4-12(2)5-7-14;1-10-2-4-12(5-3-10)14-8-6-11(7-9-14)13(15)16;;/h4-7,13H,3,8-11H2,1-2H3;2-5,11H,6-9H2,1H3,(H,15,16);;1H2/q;;+1;/p-1. The van der Waals surface area contributed by atoms with Gasteiger partial charge in [-0.15, -0.1) is 0 Å². The molecule has 0 amide bonds. The Morgan fingerprint density at radius 2 is 1.14 bits per heavy atom. The van der Waals surface area contributed by atoms with Crippen LogP contribution < -0.4 is 28.7 Å². The number of ether oxygens (including phenoxy) is 1. The van der Waals surface area contributed by atoms with Crippen LogP contribution in [0, 0.1) is 25.7 Å². The van der Waals surface area contributed by atoms with Crippen molar-refractivity contribution in [3.05, 3.63) is 59.7 Å². The Morgan fingerprint density at radius 1 is 0.778 bits per heavy atom. The summed E-state index contributed by atoms with van der Waals surface area (Å²) >= 11 is 0. The van der Waals surface area contributed by atoms with Gasteiger partial charge in [0, 0.05) is 37.6 Å². The molecule has 192 valence electrons. The number of carbonyl (C=O) groups excluding carboxylic acids is 1. The summed E-state index contributed by atoms with van der Waals surface area (Å²) < 4.78 is 5.08. The first kappa shape index (κ1) is 31.6. The van der Waals surface area contributed by atoms with Crippen LogP contribution in [0.2, 0.25) is 0 Å². The minimum absolute atomic E-state index is 0. The Balaban J connectivity index is 0.000000343. The Bertz CT molecular complexity index is 920. The zero-order valence-electron chi connectivity index (χ0n) is 22.2. The number of piperidine rings is 2. The fourth-order valence-electron chi connectivity index (χ4n) is 4.53. The number of carboxylic acid groups (broad SMARTS) is 1. The van der Waals surface area contributed by atoms with Gasteiger partial charge in [-0.1, -0.05) is 35.4 Å². The van der Waals surface area contributed by atoms with E-state index in [0.717, 1.165) is 51.9 Å². The number of esters is 1. The first-order valence-corrected chi connectivity index (χ1v) is 12.4. The smallest absolute Gasteiger partial charge is 0.870 e. The van der Waals surface area contributed by atoms with Crippen LogP contribution in [-0.4, -0.2) is 55.3 Å². The number of carboxylic acids is 1. The van der Waals surface area contributed by atoms with Crippen LogP contribution in [-0.2, 0) is 14.3 Å². The van der Waals surface area contributed by atoms with E-state index >= 15 is 0 Å². The molecule has 2 aliphatic rings. The molecule has 2 aromatic rings. The van der Waals surface area contributed by atoms with Crippen LogP contribution in [0.4, 0.5) is 11.4 Å². The van der Waals surface area contributed by atoms with Gasteiger partial charge in [-0.2, -0.15) is 0 Å². The van der Waals surface area contributed by atoms with Crippen molar-refractivity contribution < 1.29 is 43.8 Å². The molecule has 0 aromatic heterocycles. The van der Waals surface area contributed by atoms with Crippen LogP contribution in [0.25, 0.3) is 0 Å². The summed E-state index contributed by atoms with van der Waals surface area (Å²) in [7, 11) is 0. The van der Waals surface area contributed by atoms with E-state index in [9.17, 15) is 9.59 Å². The van der Waals surface area contributed by atoms with Crippen LogP contribution in [0.1, 0.15) is 43.7 Å². The molecule has 36 heavy (non-hydrogen) atoms. The van der Waals surface area contributed by atoms with E-state index in [1.807, 2.05) is 6.92 Å². The fraction of sp³-hybridized carbons (Fsp3) is 0.500. The van der Waals surface area contributed by atoms with Crippen molar-refractivity contribution in [2.45, 2.75) is 46.5 Å². The number of anilines is 2. The largest absolute Gasteiger partial charge is 1.00 e. The van der Waals surface area contributed by atoms with Crippen molar-refractivity contribution in [3.8, 4) is 0 Å². The van der Waals surface area contributed by atoms with Gasteiger partial charge >= 0.3 is 30.8 Å². The Kier molecular flexibility index (Phi) is 13.7. The van der Waals surface area contributed by atoms with E-state index in [-0.39, 0.29) is 42.1 Å². The SMILES string of the molecule is CCOC(=O)C1CCN(c2ccc(C)cc2)CC1.Cc1ccc(N2CCC(C(=O)O)CC2)cc1.[Li+].[OH-]. The monoisotopic (exact) mass is 490 g/mol.